The van der Waals surface area contributed by atoms with Crippen molar-refractivity contribution in [1.82, 2.24) is 0 Å². The molecule has 0 spiro atoms. The summed E-state index contributed by atoms with van der Waals surface area (Å²) in [4.78, 5) is 0. The predicted octanol–water partition coefficient (Wildman–Crippen LogP) is 1.99. The Labute approximate surface area is 85.8 Å². The zero-order valence-corrected chi connectivity index (χ0v) is 8.14. The summed E-state index contributed by atoms with van der Waals surface area (Å²) in [6.45, 7) is 1.44. The second-order valence-corrected chi connectivity index (χ2v) is 3.49. The van der Waals surface area contributed by atoms with E-state index in [1.54, 1.807) is 12.1 Å². The van der Waals surface area contributed by atoms with Gasteiger partial charge in [-0.05, 0) is 19.1 Å². The Balaban J connectivity index is 2.52. The van der Waals surface area contributed by atoms with Gasteiger partial charge in [-0.15, -0.1) is 0 Å². The van der Waals surface area contributed by atoms with Crippen molar-refractivity contribution in [2.45, 2.75) is 19.1 Å². The standard InChI is InChI=1S/C11H11FO3/c1-6(13)10(14)9-5-7-3-2-4-8(12)11(7)15-9/h2-6,10,13-14H,1H3. The van der Waals surface area contributed by atoms with Gasteiger partial charge in [0.15, 0.2) is 11.4 Å². The van der Waals surface area contributed by atoms with E-state index in [1.165, 1.54) is 19.1 Å². The van der Waals surface area contributed by atoms with Crippen LogP contribution < -0.4 is 0 Å². The third kappa shape index (κ3) is 1.73. The van der Waals surface area contributed by atoms with Crippen molar-refractivity contribution in [3.8, 4) is 0 Å². The Morgan fingerprint density at radius 3 is 2.67 bits per heavy atom. The topological polar surface area (TPSA) is 53.6 Å². The lowest BCUT2D eigenvalue weighted by molar-refractivity contribution is 0.0177. The van der Waals surface area contributed by atoms with Crippen LogP contribution in [0, 0.1) is 5.82 Å². The second kappa shape index (κ2) is 3.64. The number of rotatable bonds is 2. The van der Waals surface area contributed by atoms with E-state index >= 15 is 0 Å². The molecule has 0 aliphatic heterocycles. The lowest BCUT2D eigenvalue weighted by Crippen LogP contribution is -2.12. The van der Waals surface area contributed by atoms with E-state index in [2.05, 4.69) is 0 Å². The minimum absolute atomic E-state index is 0.104. The molecule has 2 unspecified atom stereocenters. The minimum Gasteiger partial charge on any atom is -0.455 e. The van der Waals surface area contributed by atoms with Gasteiger partial charge in [0.25, 0.3) is 0 Å². The third-order valence-electron chi connectivity index (χ3n) is 2.26. The average Bonchev–Trinajstić information content (AvgIpc) is 2.61. The number of aliphatic hydroxyl groups is 2. The van der Waals surface area contributed by atoms with Crippen molar-refractivity contribution in [3.05, 3.63) is 35.8 Å². The number of hydrogen-bond donors (Lipinski definition) is 2. The van der Waals surface area contributed by atoms with Crippen LogP contribution in [0.15, 0.2) is 28.7 Å². The summed E-state index contributed by atoms with van der Waals surface area (Å²) in [5, 5.41) is 19.3. The molecular weight excluding hydrogens is 199 g/mol. The Bertz CT molecular complexity index is 476. The largest absolute Gasteiger partial charge is 0.455 e. The predicted molar refractivity (Wildman–Crippen MR) is 52.8 cm³/mol. The smallest absolute Gasteiger partial charge is 0.170 e. The highest BCUT2D eigenvalue weighted by Crippen LogP contribution is 2.27. The summed E-state index contributed by atoms with van der Waals surface area (Å²) in [6, 6.07) is 6.05. The van der Waals surface area contributed by atoms with Gasteiger partial charge in [-0.1, -0.05) is 12.1 Å². The molecule has 15 heavy (non-hydrogen) atoms. The third-order valence-corrected chi connectivity index (χ3v) is 2.26. The van der Waals surface area contributed by atoms with Crippen LogP contribution in [0.2, 0.25) is 0 Å². The molecule has 3 nitrogen and oxygen atoms in total. The van der Waals surface area contributed by atoms with Crippen molar-refractivity contribution >= 4 is 11.0 Å². The molecule has 0 radical (unpaired) electrons. The molecule has 2 aromatic rings. The van der Waals surface area contributed by atoms with Crippen molar-refractivity contribution in [2.75, 3.05) is 0 Å². The highest BCUT2D eigenvalue weighted by atomic mass is 19.1. The van der Waals surface area contributed by atoms with Crippen LogP contribution in [0.4, 0.5) is 4.39 Å². The SMILES string of the molecule is CC(O)C(O)c1cc2cccc(F)c2o1. The lowest BCUT2D eigenvalue weighted by atomic mass is 10.1. The number of para-hydroxylation sites is 1. The van der Waals surface area contributed by atoms with E-state index in [4.69, 9.17) is 9.52 Å². The zero-order chi connectivity index (χ0) is 11.0. The van der Waals surface area contributed by atoms with Crippen LogP contribution in [0.5, 0.6) is 0 Å². The van der Waals surface area contributed by atoms with Crippen molar-refractivity contribution in [2.24, 2.45) is 0 Å². The van der Waals surface area contributed by atoms with Crippen LogP contribution in [0.1, 0.15) is 18.8 Å². The van der Waals surface area contributed by atoms with Gasteiger partial charge in [0.2, 0.25) is 0 Å². The molecule has 1 aromatic carbocycles. The molecule has 0 aliphatic rings. The van der Waals surface area contributed by atoms with E-state index in [0.717, 1.165) is 0 Å². The summed E-state index contributed by atoms with van der Waals surface area (Å²) in [6.07, 6.45) is -2.08. The van der Waals surface area contributed by atoms with E-state index in [1.807, 2.05) is 0 Å². The number of halogens is 1. The molecule has 0 saturated carbocycles. The first-order chi connectivity index (χ1) is 7.09. The Morgan fingerprint density at radius 2 is 2.07 bits per heavy atom. The van der Waals surface area contributed by atoms with Gasteiger partial charge < -0.3 is 14.6 Å². The number of benzene rings is 1. The maximum Gasteiger partial charge on any atom is 0.170 e. The second-order valence-electron chi connectivity index (χ2n) is 3.49. The highest BCUT2D eigenvalue weighted by molar-refractivity contribution is 5.78. The molecule has 1 heterocycles. The molecule has 0 aliphatic carbocycles. The van der Waals surface area contributed by atoms with Gasteiger partial charge in [0, 0.05) is 5.39 Å². The van der Waals surface area contributed by atoms with E-state index < -0.39 is 18.0 Å². The first-order valence-corrected chi connectivity index (χ1v) is 4.63. The molecular formula is C11H11FO3. The number of hydrogen-bond acceptors (Lipinski definition) is 3. The fourth-order valence-corrected chi connectivity index (χ4v) is 1.43. The van der Waals surface area contributed by atoms with Gasteiger partial charge in [-0.25, -0.2) is 4.39 Å². The fourth-order valence-electron chi connectivity index (χ4n) is 1.43. The van der Waals surface area contributed by atoms with Gasteiger partial charge in [-0.2, -0.15) is 0 Å². The monoisotopic (exact) mass is 210 g/mol. The van der Waals surface area contributed by atoms with Crippen LogP contribution >= 0.6 is 0 Å². The Kier molecular flexibility index (Phi) is 2.46. The molecule has 1 aromatic heterocycles. The van der Waals surface area contributed by atoms with Crippen LogP contribution in [0.3, 0.4) is 0 Å². The summed E-state index contributed by atoms with van der Waals surface area (Å²) in [5.41, 5.74) is 0.104. The molecule has 0 saturated heterocycles. The Hall–Kier alpha value is -1.39. The van der Waals surface area contributed by atoms with Gasteiger partial charge in [0.1, 0.15) is 11.9 Å². The summed E-state index contributed by atoms with van der Waals surface area (Å²) in [7, 11) is 0. The normalized spacial score (nSPS) is 15.5. The van der Waals surface area contributed by atoms with Crippen molar-refractivity contribution < 1.29 is 19.0 Å². The van der Waals surface area contributed by atoms with Crippen LogP contribution in [-0.2, 0) is 0 Å². The number of fused-ring (bicyclic) bond motifs is 1. The lowest BCUT2D eigenvalue weighted by Gasteiger charge is -2.09. The maximum absolute atomic E-state index is 13.2. The molecule has 4 heteroatoms. The number of aliphatic hydroxyl groups excluding tert-OH is 2. The summed E-state index contributed by atoms with van der Waals surface area (Å²) >= 11 is 0. The highest BCUT2D eigenvalue weighted by Gasteiger charge is 2.19. The average molecular weight is 210 g/mol. The van der Waals surface area contributed by atoms with E-state index in [-0.39, 0.29) is 11.3 Å². The summed E-state index contributed by atoms with van der Waals surface area (Å²) < 4.78 is 18.4. The molecule has 2 rings (SSSR count). The van der Waals surface area contributed by atoms with E-state index in [9.17, 15) is 9.50 Å². The molecule has 0 amide bonds. The van der Waals surface area contributed by atoms with Crippen LogP contribution in [0.25, 0.3) is 11.0 Å². The van der Waals surface area contributed by atoms with Gasteiger partial charge >= 0.3 is 0 Å². The molecule has 80 valence electrons. The Morgan fingerprint density at radius 1 is 1.33 bits per heavy atom. The first-order valence-electron chi connectivity index (χ1n) is 4.63. The van der Waals surface area contributed by atoms with Crippen molar-refractivity contribution in [1.29, 1.82) is 0 Å². The van der Waals surface area contributed by atoms with Gasteiger partial charge in [0.05, 0.1) is 6.10 Å². The van der Waals surface area contributed by atoms with Crippen molar-refractivity contribution in [3.63, 3.8) is 0 Å². The fraction of sp³-hybridized carbons (Fsp3) is 0.273. The molecule has 0 bridgehead atoms. The first kappa shape index (κ1) is 10.1. The maximum atomic E-state index is 13.2. The van der Waals surface area contributed by atoms with Crippen LogP contribution in [-0.4, -0.2) is 16.3 Å². The zero-order valence-electron chi connectivity index (χ0n) is 8.14. The van der Waals surface area contributed by atoms with Gasteiger partial charge in [-0.3, -0.25) is 0 Å². The minimum atomic E-state index is -1.13. The van der Waals surface area contributed by atoms with E-state index in [0.29, 0.717) is 5.39 Å². The summed E-state index contributed by atoms with van der Waals surface area (Å²) in [5.74, 6) is -0.304. The molecule has 2 N–H and O–H groups in total. The quantitative estimate of drug-likeness (QED) is 0.796. The molecule has 2 atom stereocenters. The number of furan rings is 1. The molecule has 0 fully saturated rings.